The van der Waals surface area contributed by atoms with Crippen LogP contribution in [-0.4, -0.2) is 12.6 Å². The molecule has 3 heteroatoms. The van der Waals surface area contributed by atoms with E-state index in [9.17, 15) is 0 Å². The highest BCUT2D eigenvalue weighted by Gasteiger charge is 2.14. The lowest BCUT2D eigenvalue weighted by molar-refractivity contribution is 0.366. The molecule has 1 atom stereocenters. The average molecular weight is 224 g/mol. The molecule has 2 rings (SSSR count). The van der Waals surface area contributed by atoms with Crippen molar-refractivity contribution in [2.45, 2.75) is 44.2 Å². The van der Waals surface area contributed by atoms with Crippen LogP contribution in [0.1, 0.15) is 43.0 Å². The molecule has 1 saturated carbocycles. The molecule has 0 saturated heterocycles. The van der Waals surface area contributed by atoms with E-state index in [1.54, 1.807) is 11.3 Å². The Morgan fingerprint density at radius 1 is 1.40 bits per heavy atom. The van der Waals surface area contributed by atoms with E-state index in [0.29, 0.717) is 6.04 Å². The van der Waals surface area contributed by atoms with Crippen molar-refractivity contribution in [1.82, 2.24) is 5.32 Å². The highest BCUT2D eigenvalue weighted by atomic mass is 32.1. The second-order valence-electron chi connectivity index (χ2n) is 4.37. The maximum Gasteiger partial charge on any atom is 0.0516 e. The summed E-state index contributed by atoms with van der Waals surface area (Å²) < 4.78 is 0. The third-order valence-corrected chi connectivity index (χ3v) is 4.14. The van der Waals surface area contributed by atoms with Gasteiger partial charge in [-0.3, -0.25) is 0 Å². The van der Waals surface area contributed by atoms with Gasteiger partial charge in [-0.05, 0) is 24.3 Å². The van der Waals surface area contributed by atoms with E-state index >= 15 is 0 Å². The Kier molecular flexibility index (Phi) is 4.18. The first-order valence-electron chi connectivity index (χ1n) is 5.88. The van der Waals surface area contributed by atoms with Crippen molar-refractivity contribution in [3.05, 3.63) is 22.4 Å². The molecule has 0 amide bonds. The van der Waals surface area contributed by atoms with Gasteiger partial charge in [-0.1, -0.05) is 25.3 Å². The fourth-order valence-corrected chi connectivity index (χ4v) is 2.93. The summed E-state index contributed by atoms with van der Waals surface area (Å²) in [5, 5.41) is 5.68. The van der Waals surface area contributed by atoms with Crippen LogP contribution in [0.5, 0.6) is 0 Å². The van der Waals surface area contributed by atoms with Crippen molar-refractivity contribution in [3.63, 3.8) is 0 Å². The zero-order chi connectivity index (χ0) is 10.5. The van der Waals surface area contributed by atoms with Gasteiger partial charge in [0.25, 0.3) is 0 Å². The molecule has 1 aromatic heterocycles. The predicted octanol–water partition coefficient (Wildman–Crippen LogP) is 2.67. The minimum atomic E-state index is 0.173. The molecule has 0 aromatic carbocycles. The zero-order valence-electron chi connectivity index (χ0n) is 9.11. The predicted molar refractivity (Wildman–Crippen MR) is 66.1 cm³/mol. The fourth-order valence-electron chi connectivity index (χ4n) is 2.20. The lowest BCUT2D eigenvalue weighted by atomic mass is 9.95. The molecule has 1 aromatic rings. The van der Waals surface area contributed by atoms with E-state index in [1.165, 1.54) is 37.0 Å². The summed E-state index contributed by atoms with van der Waals surface area (Å²) in [5.74, 6) is 0. The van der Waals surface area contributed by atoms with Gasteiger partial charge >= 0.3 is 0 Å². The maximum atomic E-state index is 6.10. The number of nitrogens with two attached hydrogens (primary N) is 1. The van der Waals surface area contributed by atoms with Crippen molar-refractivity contribution < 1.29 is 0 Å². The fraction of sp³-hybridized carbons (Fsp3) is 0.667. The van der Waals surface area contributed by atoms with E-state index < -0.39 is 0 Å². The van der Waals surface area contributed by atoms with Gasteiger partial charge in [-0.15, -0.1) is 11.3 Å². The first-order chi connectivity index (χ1) is 7.36. The summed E-state index contributed by atoms with van der Waals surface area (Å²) in [7, 11) is 0. The van der Waals surface area contributed by atoms with Crippen LogP contribution in [0.4, 0.5) is 0 Å². The average Bonchev–Trinajstić information content (AvgIpc) is 2.81. The van der Waals surface area contributed by atoms with Gasteiger partial charge in [-0.2, -0.15) is 0 Å². The highest BCUT2D eigenvalue weighted by molar-refractivity contribution is 7.10. The summed E-state index contributed by atoms with van der Waals surface area (Å²) in [6.07, 6.45) is 6.83. The number of rotatable bonds is 4. The van der Waals surface area contributed by atoms with Crippen LogP contribution in [0.15, 0.2) is 17.5 Å². The lowest BCUT2D eigenvalue weighted by Gasteiger charge is -2.24. The minimum Gasteiger partial charge on any atom is -0.322 e. The molecule has 2 nitrogen and oxygen atoms in total. The van der Waals surface area contributed by atoms with Gasteiger partial charge in [0.15, 0.2) is 0 Å². The summed E-state index contributed by atoms with van der Waals surface area (Å²) in [6, 6.07) is 5.08. The first-order valence-corrected chi connectivity index (χ1v) is 6.76. The Balaban J connectivity index is 1.73. The Morgan fingerprint density at radius 2 is 2.20 bits per heavy atom. The molecule has 1 aliphatic carbocycles. The highest BCUT2D eigenvalue weighted by Crippen LogP contribution is 2.19. The Labute approximate surface area is 95.9 Å². The molecule has 84 valence electrons. The molecule has 0 radical (unpaired) electrons. The van der Waals surface area contributed by atoms with Gasteiger partial charge in [0.1, 0.15) is 0 Å². The second kappa shape index (κ2) is 5.64. The van der Waals surface area contributed by atoms with Crippen molar-refractivity contribution in [2.24, 2.45) is 5.73 Å². The van der Waals surface area contributed by atoms with Crippen molar-refractivity contribution >= 4 is 11.3 Å². The Hall–Kier alpha value is -0.380. The van der Waals surface area contributed by atoms with E-state index in [0.717, 1.165) is 6.54 Å². The van der Waals surface area contributed by atoms with E-state index in [-0.39, 0.29) is 6.04 Å². The van der Waals surface area contributed by atoms with Crippen molar-refractivity contribution in [1.29, 1.82) is 0 Å². The minimum absolute atomic E-state index is 0.173. The molecule has 0 bridgehead atoms. The van der Waals surface area contributed by atoms with E-state index in [1.807, 2.05) is 0 Å². The normalized spacial score (nSPS) is 20.3. The third kappa shape index (κ3) is 3.30. The molecule has 0 aliphatic heterocycles. The molecular formula is C12H20N2S. The summed E-state index contributed by atoms with van der Waals surface area (Å²) in [4.78, 5) is 1.29. The molecule has 1 fully saturated rings. The number of hydrogen-bond acceptors (Lipinski definition) is 3. The zero-order valence-corrected chi connectivity index (χ0v) is 9.93. The largest absolute Gasteiger partial charge is 0.322 e. The molecular weight excluding hydrogens is 204 g/mol. The van der Waals surface area contributed by atoms with Crippen LogP contribution in [0.2, 0.25) is 0 Å². The maximum absolute atomic E-state index is 6.10. The molecule has 1 heterocycles. The monoisotopic (exact) mass is 224 g/mol. The van der Waals surface area contributed by atoms with Gasteiger partial charge < -0.3 is 11.1 Å². The molecule has 0 spiro atoms. The standard InChI is InChI=1S/C12H20N2S/c13-11(12-7-4-8-15-12)9-14-10-5-2-1-3-6-10/h4,7-8,10-11,14H,1-3,5-6,9,13H2. The smallest absolute Gasteiger partial charge is 0.0516 e. The Bertz CT molecular complexity index is 265. The first kappa shape index (κ1) is 11.1. The van der Waals surface area contributed by atoms with Crippen LogP contribution < -0.4 is 11.1 Å². The summed E-state index contributed by atoms with van der Waals surface area (Å²) in [5.41, 5.74) is 6.10. The van der Waals surface area contributed by atoms with Crippen LogP contribution in [0.3, 0.4) is 0 Å². The quantitative estimate of drug-likeness (QED) is 0.825. The van der Waals surface area contributed by atoms with Crippen LogP contribution in [-0.2, 0) is 0 Å². The number of nitrogens with one attached hydrogen (secondary N) is 1. The van der Waals surface area contributed by atoms with E-state index in [2.05, 4.69) is 22.8 Å². The number of hydrogen-bond donors (Lipinski definition) is 2. The van der Waals surface area contributed by atoms with Crippen LogP contribution >= 0.6 is 11.3 Å². The Morgan fingerprint density at radius 3 is 2.87 bits per heavy atom. The molecule has 1 aliphatic rings. The number of thiophene rings is 1. The van der Waals surface area contributed by atoms with Gasteiger partial charge in [0, 0.05) is 17.5 Å². The van der Waals surface area contributed by atoms with E-state index in [4.69, 9.17) is 5.73 Å². The molecule has 1 unspecified atom stereocenters. The lowest BCUT2D eigenvalue weighted by Crippen LogP contribution is -2.36. The van der Waals surface area contributed by atoms with Crippen molar-refractivity contribution in [2.75, 3.05) is 6.54 Å². The SMILES string of the molecule is NC(CNC1CCCCC1)c1cccs1. The summed E-state index contributed by atoms with van der Waals surface area (Å²) >= 11 is 1.75. The molecule has 3 N–H and O–H groups in total. The topological polar surface area (TPSA) is 38.0 Å². The summed E-state index contributed by atoms with van der Waals surface area (Å²) in [6.45, 7) is 0.922. The van der Waals surface area contributed by atoms with Gasteiger partial charge in [0.05, 0.1) is 6.04 Å². The van der Waals surface area contributed by atoms with Gasteiger partial charge in [0.2, 0.25) is 0 Å². The van der Waals surface area contributed by atoms with Gasteiger partial charge in [-0.25, -0.2) is 0 Å². The third-order valence-electron chi connectivity index (χ3n) is 3.14. The molecule has 15 heavy (non-hydrogen) atoms. The van der Waals surface area contributed by atoms with Crippen LogP contribution in [0.25, 0.3) is 0 Å². The second-order valence-corrected chi connectivity index (χ2v) is 5.34. The van der Waals surface area contributed by atoms with Crippen LogP contribution in [0, 0.1) is 0 Å². The van der Waals surface area contributed by atoms with Crippen molar-refractivity contribution in [3.8, 4) is 0 Å².